The molecule has 0 fully saturated rings. The van der Waals surface area contributed by atoms with Crippen LogP contribution < -0.4 is 9.52 Å². The largest absolute Gasteiger partial charge is 0.319 e. The van der Waals surface area contributed by atoms with Gasteiger partial charge in [0.15, 0.2) is 4.80 Å². The van der Waals surface area contributed by atoms with Crippen LogP contribution in [-0.4, -0.2) is 31.7 Å². The molecule has 1 heterocycles. The lowest BCUT2D eigenvalue weighted by molar-refractivity contribution is -0.115. The topological polar surface area (TPSA) is 80.5 Å². The van der Waals surface area contributed by atoms with Crippen LogP contribution in [0.3, 0.4) is 0 Å². The lowest BCUT2D eigenvalue weighted by Gasteiger charge is -2.02. The number of carbonyl (C=O) groups is 1. The number of hydrogen-bond acceptors (Lipinski definition) is 4. The maximum atomic E-state index is 11.7. The summed E-state index contributed by atoms with van der Waals surface area (Å²) in [4.78, 5) is 16.1. The molecule has 2 aromatic rings. The molecule has 0 aliphatic heterocycles. The van der Waals surface area contributed by atoms with E-state index in [1.807, 2.05) is 46.5 Å². The first kappa shape index (κ1) is 15.6. The standard InChI is InChI=1S/C13H15N3O3S2/c1-14-21(18,19)10-12(17)15-13-16(7-8-20-13)9-11-5-3-2-4-6-11/h2-8,14H,9-10H2,1H3. The summed E-state index contributed by atoms with van der Waals surface area (Å²) in [5.74, 6) is -1.33. The SMILES string of the molecule is CNS(=O)(=O)CC(=O)N=c1sccn1Cc1ccccc1. The molecule has 8 heteroatoms. The lowest BCUT2D eigenvalue weighted by Crippen LogP contribution is -2.27. The molecular formula is C13H15N3O3S2. The van der Waals surface area contributed by atoms with E-state index in [9.17, 15) is 13.2 Å². The maximum Gasteiger partial charge on any atom is 0.264 e. The smallest absolute Gasteiger partial charge is 0.264 e. The number of hydrogen-bond donors (Lipinski definition) is 1. The molecule has 6 nitrogen and oxygen atoms in total. The first-order valence-corrected chi connectivity index (χ1v) is 8.70. The molecule has 1 amide bonds. The van der Waals surface area contributed by atoms with E-state index < -0.39 is 21.7 Å². The summed E-state index contributed by atoms with van der Waals surface area (Å²) in [5.41, 5.74) is 1.08. The van der Waals surface area contributed by atoms with Gasteiger partial charge in [-0.25, -0.2) is 13.1 Å². The molecule has 112 valence electrons. The van der Waals surface area contributed by atoms with Gasteiger partial charge in [0.2, 0.25) is 10.0 Å². The highest BCUT2D eigenvalue weighted by Gasteiger charge is 2.13. The molecule has 0 aliphatic carbocycles. The molecule has 0 aliphatic rings. The molecule has 1 aromatic heterocycles. The third kappa shape index (κ3) is 4.62. The summed E-state index contributed by atoms with van der Waals surface area (Å²) in [6, 6.07) is 9.75. The molecule has 0 unspecified atom stereocenters. The van der Waals surface area contributed by atoms with Gasteiger partial charge < -0.3 is 4.57 Å². The fourth-order valence-electron chi connectivity index (χ4n) is 1.66. The molecular weight excluding hydrogens is 310 g/mol. The number of thiazole rings is 1. The Morgan fingerprint density at radius 1 is 1.33 bits per heavy atom. The van der Waals surface area contributed by atoms with Gasteiger partial charge in [-0.3, -0.25) is 4.79 Å². The van der Waals surface area contributed by atoms with Crippen molar-refractivity contribution >= 4 is 27.3 Å². The summed E-state index contributed by atoms with van der Waals surface area (Å²) in [7, 11) is -2.32. The average Bonchev–Trinajstić information content (AvgIpc) is 2.86. The summed E-state index contributed by atoms with van der Waals surface area (Å²) >= 11 is 1.29. The third-order valence-electron chi connectivity index (χ3n) is 2.70. The van der Waals surface area contributed by atoms with Gasteiger partial charge in [-0.2, -0.15) is 4.99 Å². The maximum absolute atomic E-state index is 11.7. The number of aromatic nitrogens is 1. The zero-order chi connectivity index (χ0) is 15.3. The molecule has 2 rings (SSSR count). The van der Waals surface area contributed by atoms with Crippen molar-refractivity contribution in [3.8, 4) is 0 Å². The highest BCUT2D eigenvalue weighted by Crippen LogP contribution is 2.01. The highest BCUT2D eigenvalue weighted by atomic mass is 32.2. The van der Waals surface area contributed by atoms with Crippen LogP contribution in [0.25, 0.3) is 0 Å². The van der Waals surface area contributed by atoms with Crippen LogP contribution in [-0.2, 0) is 21.4 Å². The molecule has 0 atom stereocenters. The lowest BCUT2D eigenvalue weighted by atomic mass is 10.2. The van der Waals surface area contributed by atoms with E-state index in [1.54, 1.807) is 0 Å². The van der Waals surface area contributed by atoms with Gasteiger partial charge in [0.05, 0.1) is 0 Å². The normalized spacial score (nSPS) is 12.5. The Morgan fingerprint density at radius 2 is 2.05 bits per heavy atom. The van der Waals surface area contributed by atoms with E-state index in [2.05, 4.69) is 9.71 Å². The molecule has 0 radical (unpaired) electrons. The van der Waals surface area contributed by atoms with E-state index in [0.717, 1.165) is 5.56 Å². The summed E-state index contributed by atoms with van der Waals surface area (Å²) < 4.78 is 26.5. The first-order chi connectivity index (χ1) is 10.00. The van der Waals surface area contributed by atoms with Crippen molar-refractivity contribution in [2.24, 2.45) is 4.99 Å². The predicted octanol–water partition coefficient (Wildman–Crippen LogP) is 0.574. The zero-order valence-corrected chi connectivity index (χ0v) is 13.0. The molecule has 0 saturated carbocycles. The van der Waals surface area contributed by atoms with E-state index in [-0.39, 0.29) is 0 Å². The Morgan fingerprint density at radius 3 is 2.71 bits per heavy atom. The van der Waals surface area contributed by atoms with Crippen LogP contribution in [0, 0.1) is 0 Å². The number of nitrogens with one attached hydrogen (secondary N) is 1. The third-order valence-corrected chi connectivity index (χ3v) is 4.74. The van der Waals surface area contributed by atoms with Crippen molar-refractivity contribution in [1.29, 1.82) is 0 Å². The molecule has 0 spiro atoms. The van der Waals surface area contributed by atoms with Crippen LogP contribution in [0.1, 0.15) is 5.56 Å². The predicted molar refractivity (Wildman–Crippen MR) is 81.3 cm³/mol. The second kappa shape index (κ2) is 6.79. The van der Waals surface area contributed by atoms with E-state index in [0.29, 0.717) is 11.3 Å². The van der Waals surface area contributed by atoms with Gasteiger partial charge >= 0.3 is 0 Å². The van der Waals surface area contributed by atoms with Crippen molar-refractivity contribution in [3.63, 3.8) is 0 Å². The highest BCUT2D eigenvalue weighted by molar-refractivity contribution is 7.90. The van der Waals surface area contributed by atoms with Crippen LogP contribution in [0.4, 0.5) is 0 Å². The Kier molecular flexibility index (Phi) is 5.05. The van der Waals surface area contributed by atoms with Gasteiger partial charge in [-0.05, 0) is 12.6 Å². The van der Waals surface area contributed by atoms with Crippen LogP contribution in [0.5, 0.6) is 0 Å². The minimum atomic E-state index is -3.59. The number of nitrogens with zero attached hydrogens (tertiary/aromatic N) is 2. The van der Waals surface area contributed by atoms with Gasteiger partial charge in [0, 0.05) is 18.1 Å². The van der Waals surface area contributed by atoms with E-state index in [4.69, 9.17) is 0 Å². The number of rotatable bonds is 5. The van der Waals surface area contributed by atoms with Crippen molar-refractivity contribution < 1.29 is 13.2 Å². The van der Waals surface area contributed by atoms with Crippen LogP contribution in [0.2, 0.25) is 0 Å². The minimum absolute atomic E-state index is 0.482. The monoisotopic (exact) mass is 325 g/mol. The molecule has 1 aromatic carbocycles. The second-order valence-electron chi connectivity index (χ2n) is 4.27. The van der Waals surface area contributed by atoms with Gasteiger partial charge in [0.25, 0.3) is 5.91 Å². The fraction of sp³-hybridized carbons (Fsp3) is 0.231. The summed E-state index contributed by atoms with van der Waals surface area (Å²) in [5, 5.41) is 1.81. The number of benzene rings is 1. The fourth-order valence-corrected chi connectivity index (χ4v) is 2.94. The number of amides is 1. The van der Waals surface area contributed by atoms with Crippen molar-refractivity contribution in [1.82, 2.24) is 9.29 Å². The number of carbonyl (C=O) groups excluding carboxylic acids is 1. The number of sulfonamides is 1. The Balaban J connectivity index is 2.20. The van der Waals surface area contributed by atoms with Gasteiger partial charge in [-0.1, -0.05) is 30.3 Å². The quantitative estimate of drug-likeness (QED) is 0.873. The van der Waals surface area contributed by atoms with Crippen molar-refractivity contribution in [2.75, 3.05) is 12.8 Å². The second-order valence-corrected chi connectivity index (χ2v) is 7.07. The van der Waals surface area contributed by atoms with Gasteiger partial charge in [-0.15, -0.1) is 11.3 Å². The Labute approximate surface area is 126 Å². The molecule has 0 bridgehead atoms. The van der Waals surface area contributed by atoms with Crippen LogP contribution in [0.15, 0.2) is 46.9 Å². The minimum Gasteiger partial charge on any atom is -0.319 e. The van der Waals surface area contributed by atoms with Crippen molar-refractivity contribution in [3.05, 3.63) is 52.3 Å². The van der Waals surface area contributed by atoms with E-state index >= 15 is 0 Å². The Hall–Kier alpha value is -1.77. The summed E-state index contributed by atoms with van der Waals surface area (Å²) in [6.45, 7) is 0.579. The van der Waals surface area contributed by atoms with E-state index in [1.165, 1.54) is 18.4 Å². The molecule has 21 heavy (non-hydrogen) atoms. The van der Waals surface area contributed by atoms with Gasteiger partial charge in [0.1, 0.15) is 5.75 Å². The molecule has 0 saturated heterocycles. The Bertz CT molecular complexity index is 776. The zero-order valence-electron chi connectivity index (χ0n) is 11.4. The van der Waals surface area contributed by atoms with Crippen LogP contribution >= 0.6 is 11.3 Å². The van der Waals surface area contributed by atoms with Crippen molar-refractivity contribution in [2.45, 2.75) is 6.54 Å². The molecule has 1 N–H and O–H groups in total. The first-order valence-electron chi connectivity index (χ1n) is 6.17. The summed E-state index contributed by atoms with van der Waals surface area (Å²) in [6.07, 6.45) is 1.82. The average molecular weight is 325 g/mol.